The van der Waals surface area contributed by atoms with E-state index in [4.69, 9.17) is 50.0 Å². The number of carbonyl (C=O) groups excluding carboxylic acids is 5. The van der Waals surface area contributed by atoms with Gasteiger partial charge in [0.1, 0.15) is 36.8 Å². The number of fused-ring (bicyclic) bond motifs is 3. The van der Waals surface area contributed by atoms with Crippen molar-refractivity contribution in [2.24, 2.45) is 5.73 Å². The number of benzene rings is 9. The molecule has 3 aromatic heterocycles. The Morgan fingerprint density at radius 3 is 0.990 bits per heavy atom. The number of carbonyl (C=O) groups is 6. The number of carboxylic acids is 1. The van der Waals surface area contributed by atoms with Crippen LogP contribution >= 0.6 is 34.8 Å². The molecule has 0 saturated carbocycles. The van der Waals surface area contributed by atoms with E-state index in [0.29, 0.717) is 129 Å². The Bertz CT molecular complexity index is 5430. The number of aromatic nitrogens is 6. The number of esters is 2. The van der Waals surface area contributed by atoms with E-state index >= 15 is 0 Å². The number of nitrogens with zero attached hydrogens (tertiary/aromatic N) is 6. The maximum atomic E-state index is 13.6. The third-order valence-electron chi connectivity index (χ3n) is 16.4. The molecule has 0 spiro atoms. The SMILES string of the molecule is COC(=O)c1ccc(-c2nn(C(=O)c3c(C)cccc3Cl)c3cc(CCS(C)(=O)=O)ccc23)cc1.COC(=O)c1ccc(-c2nn(C(=O)c3c(C)cccc3Cl)c3cc(CN)ccc23)cc1.Cc1cccc(Cl)c1C(=O)n1nc(-c2ccc(C(=O)O)cc2)c2ccc(CCS(C)(=O)=O)cc21.[Li+].[OH-]. The molecule has 9 aromatic carbocycles. The molecule has 102 heavy (non-hydrogen) atoms. The van der Waals surface area contributed by atoms with Crippen molar-refractivity contribution in [2.45, 2.75) is 40.2 Å². The van der Waals surface area contributed by atoms with Crippen LogP contribution in [0.3, 0.4) is 0 Å². The summed E-state index contributed by atoms with van der Waals surface area (Å²) in [5, 5.41) is 26.2. The molecule has 0 fully saturated rings. The summed E-state index contributed by atoms with van der Waals surface area (Å²) < 4.78 is 60.1. The molecular weight excluding hydrogens is 1400 g/mol. The average Bonchev–Trinajstić information content (AvgIpc) is 1.62. The summed E-state index contributed by atoms with van der Waals surface area (Å²) in [7, 11) is -3.66. The zero-order valence-electron chi connectivity index (χ0n) is 56.4. The largest absolute Gasteiger partial charge is 1.00 e. The molecule has 0 atom stereocenters. The molecule has 0 aliphatic rings. The summed E-state index contributed by atoms with van der Waals surface area (Å²) in [6.45, 7) is 5.76. The van der Waals surface area contributed by atoms with Crippen molar-refractivity contribution >= 4 is 123 Å². The van der Waals surface area contributed by atoms with E-state index in [0.717, 1.165) is 33.2 Å². The Balaban J connectivity index is 0.000000193. The van der Waals surface area contributed by atoms with Gasteiger partial charge < -0.3 is 25.8 Å². The first-order valence-electron chi connectivity index (χ1n) is 30.8. The minimum absolute atomic E-state index is 0. The summed E-state index contributed by atoms with van der Waals surface area (Å²) in [6.07, 6.45) is 2.97. The molecule has 0 saturated heterocycles. The van der Waals surface area contributed by atoms with E-state index < -0.39 is 49.4 Å². The van der Waals surface area contributed by atoms with Crippen LogP contribution in [-0.4, -0.2) is 131 Å². The standard InChI is InChI=1S/C26H23ClN2O5S.C25H21ClN2O5S.C24H20ClN3O3.Li.H2O/c1-16-5-4-6-21(27)23(16)25(30)29-22-15-17(13-14-35(3,32)33)7-12-20(22)24(28-29)18-8-10-19(11-9-18)26(31)34-2;1-15-4-3-5-20(26)22(15)24(29)28-21-14-16(12-13-34(2,32)33)6-11-19(21)23(27-28)17-7-9-18(10-8-17)25(30)31;1-14-4-3-5-19(25)21(14)23(29)28-20-12-15(13-26)6-11-18(20)22(27-28)16-7-9-17(10-8-16)24(30)31-2;;/h4-12,15H,13-14H2,1-3H3;3-11,14H,12-13H2,1-2H3,(H,30,31);3-12H,13,26H2,1-2H3;;1H2/q;;;+1;/p-1. The second-order valence-corrected chi connectivity index (χ2v) is 29.3. The molecule has 0 bridgehead atoms. The molecule has 518 valence electrons. The molecular formula is C75H65Cl3LiN7O14S2. The normalized spacial score (nSPS) is 11.2. The topological polar surface area (TPSA) is 319 Å². The second kappa shape index (κ2) is 32.8. The van der Waals surface area contributed by atoms with Gasteiger partial charge in [0, 0.05) is 51.9 Å². The van der Waals surface area contributed by atoms with Gasteiger partial charge in [0.25, 0.3) is 17.7 Å². The quantitative estimate of drug-likeness (QED) is 0.0670. The number of hydrogen-bond acceptors (Lipinski definition) is 17. The average molecular weight is 1470 g/mol. The second-order valence-electron chi connectivity index (χ2n) is 23.5. The third kappa shape index (κ3) is 17.3. The van der Waals surface area contributed by atoms with Gasteiger partial charge in [0.2, 0.25) is 0 Å². The van der Waals surface area contributed by atoms with E-state index in [-0.39, 0.29) is 47.3 Å². The smallest absolute Gasteiger partial charge is 0.870 e. The van der Waals surface area contributed by atoms with Crippen molar-refractivity contribution in [2.75, 3.05) is 38.2 Å². The van der Waals surface area contributed by atoms with Crippen LogP contribution in [-0.2, 0) is 48.5 Å². The van der Waals surface area contributed by atoms with Gasteiger partial charge in [0.15, 0.2) is 0 Å². The first kappa shape index (κ1) is 77.8. The van der Waals surface area contributed by atoms with Crippen LogP contribution in [0.25, 0.3) is 66.5 Å². The number of aromatic carboxylic acids is 1. The van der Waals surface area contributed by atoms with E-state index in [9.17, 15) is 50.7 Å². The van der Waals surface area contributed by atoms with Crippen molar-refractivity contribution in [1.29, 1.82) is 0 Å². The van der Waals surface area contributed by atoms with Gasteiger partial charge in [-0.15, -0.1) is 0 Å². The number of nitrogens with two attached hydrogens (primary N) is 1. The van der Waals surface area contributed by atoms with Crippen LogP contribution in [0.15, 0.2) is 182 Å². The molecule has 0 aliphatic heterocycles. The fourth-order valence-electron chi connectivity index (χ4n) is 11.2. The molecule has 21 nitrogen and oxygen atoms in total. The monoisotopic (exact) mass is 1460 g/mol. The Morgan fingerprint density at radius 2 is 0.725 bits per heavy atom. The summed E-state index contributed by atoms with van der Waals surface area (Å²) in [5.74, 6) is -3.07. The Hall–Kier alpha value is -9.90. The van der Waals surface area contributed by atoms with E-state index in [1.807, 2.05) is 43.3 Å². The molecule has 0 unspecified atom stereocenters. The molecule has 12 aromatic rings. The number of aryl methyl sites for hydroxylation is 5. The third-order valence-corrected chi connectivity index (χ3v) is 19.3. The number of rotatable bonds is 16. The number of carboxylic acid groups (broad SMARTS) is 1. The van der Waals surface area contributed by atoms with Gasteiger partial charge in [-0.25, -0.2) is 31.2 Å². The summed E-state index contributed by atoms with van der Waals surface area (Å²) in [5.41, 5.74) is 17.9. The molecule has 3 heterocycles. The number of methoxy groups -OCH3 is 2. The van der Waals surface area contributed by atoms with E-state index in [1.54, 1.807) is 147 Å². The maximum absolute atomic E-state index is 13.6. The van der Waals surface area contributed by atoms with Crippen LogP contribution in [0.5, 0.6) is 0 Å². The van der Waals surface area contributed by atoms with Crippen molar-refractivity contribution < 1.29 is 84.5 Å². The molecule has 4 N–H and O–H groups in total. The Morgan fingerprint density at radius 1 is 0.441 bits per heavy atom. The summed E-state index contributed by atoms with van der Waals surface area (Å²) in [4.78, 5) is 75.4. The zero-order valence-corrected chi connectivity index (χ0v) is 60.3. The molecule has 0 radical (unpaired) electrons. The van der Waals surface area contributed by atoms with Gasteiger partial charge in [-0.2, -0.15) is 29.3 Å². The predicted molar refractivity (Wildman–Crippen MR) is 390 cm³/mol. The number of hydrogen-bond donors (Lipinski definition) is 2. The van der Waals surface area contributed by atoms with Gasteiger partial charge >= 0.3 is 36.8 Å². The fraction of sp³-hybridized carbons (Fsp3) is 0.160. The number of ether oxygens (including phenoxy) is 2. The predicted octanol–water partition coefficient (Wildman–Crippen LogP) is 10.8. The summed E-state index contributed by atoms with van der Waals surface area (Å²) >= 11 is 19.1. The van der Waals surface area contributed by atoms with Crippen molar-refractivity contribution in [1.82, 2.24) is 29.3 Å². The van der Waals surface area contributed by atoms with Gasteiger partial charge in [-0.1, -0.05) is 144 Å². The van der Waals surface area contributed by atoms with Gasteiger partial charge in [-0.05, 0) is 140 Å². The molecule has 27 heteroatoms. The first-order chi connectivity index (χ1) is 47.6. The minimum Gasteiger partial charge on any atom is -0.870 e. The van der Waals surface area contributed by atoms with Crippen LogP contribution in [0.1, 0.15) is 95.5 Å². The van der Waals surface area contributed by atoms with E-state index in [1.165, 1.54) is 52.9 Å². The van der Waals surface area contributed by atoms with Gasteiger partial charge in [0.05, 0.1) is 90.7 Å². The summed E-state index contributed by atoms with van der Waals surface area (Å²) in [6, 6.07) is 52.0. The van der Waals surface area contributed by atoms with Crippen LogP contribution in [0, 0.1) is 20.8 Å². The first-order valence-corrected chi connectivity index (χ1v) is 36.0. The van der Waals surface area contributed by atoms with Crippen molar-refractivity contribution in [3.8, 4) is 33.8 Å². The minimum atomic E-state index is -3.16. The zero-order chi connectivity index (χ0) is 72.1. The Kier molecular flexibility index (Phi) is 25.0. The van der Waals surface area contributed by atoms with Crippen molar-refractivity contribution in [3.63, 3.8) is 0 Å². The fourth-order valence-corrected chi connectivity index (χ4v) is 13.3. The van der Waals surface area contributed by atoms with Crippen molar-refractivity contribution in [3.05, 3.63) is 264 Å². The molecule has 0 amide bonds. The van der Waals surface area contributed by atoms with Crippen LogP contribution in [0.2, 0.25) is 15.1 Å². The molecule has 0 aliphatic carbocycles. The Labute approximate surface area is 614 Å². The number of sulfone groups is 2. The number of halogens is 3. The van der Waals surface area contributed by atoms with Crippen LogP contribution in [0.4, 0.5) is 0 Å². The van der Waals surface area contributed by atoms with Gasteiger partial charge in [-0.3, -0.25) is 14.4 Å². The molecule has 12 rings (SSSR count). The maximum Gasteiger partial charge on any atom is 1.00 e. The van der Waals surface area contributed by atoms with E-state index in [2.05, 4.69) is 15.3 Å². The van der Waals surface area contributed by atoms with Crippen LogP contribution < -0.4 is 24.6 Å².